The molecule has 0 heterocycles. The first-order chi connectivity index (χ1) is 10.6. The van der Waals surface area contributed by atoms with Gasteiger partial charge in [-0.2, -0.15) is 10.5 Å². The number of carbonyl (C=O) groups excluding carboxylic acids is 2. The number of amides is 1. The largest absolute Gasteiger partial charge is 0.341 e. The second kappa shape index (κ2) is 9.25. The van der Waals surface area contributed by atoms with Gasteiger partial charge in [0.1, 0.15) is 5.82 Å². The molecule has 1 rings (SSSR count). The summed E-state index contributed by atoms with van der Waals surface area (Å²) < 4.78 is 12.8. The van der Waals surface area contributed by atoms with Gasteiger partial charge in [0.15, 0.2) is 5.78 Å². The minimum atomic E-state index is -0.424. The van der Waals surface area contributed by atoms with Gasteiger partial charge in [-0.1, -0.05) is 0 Å². The summed E-state index contributed by atoms with van der Waals surface area (Å²) in [4.78, 5) is 25.4. The number of Topliss-reactive ketones (excluding diaryl/α,β-unsaturated/α-hetero) is 1. The molecule has 22 heavy (non-hydrogen) atoms. The fraction of sp³-hybridized carbons (Fsp3) is 0.375. The lowest BCUT2D eigenvalue weighted by molar-refractivity contribution is -0.131. The first-order valence-corrected chi connectivity index (χ1v) is 6.89. The molecule has 6 heteroatoms. The van der Waals surface area contributed by atoms with Crippen LogP contribution in [0.4, 0.5) is 4.39 Å². The van der Waals surface area contributed by atoms with Crippen LogP contribution in [0.25, 0.3) is 0 Å². The van der Waals surface area contributed by atoms with Crippen LogP contribution in [-0.2, 0) is 4.79 Å². The van der Waals surface area contributed by atoms with E-state index in [4.69, 9.17) is 10.5 Å². The van der Waals surface area contributed by atoms with Gasteiger partial charge in [-0.3, -0.25) is 9.59 Å². The molecule has 0 saturated heterocycles. The Kier molecular flexibility index (Phi) is 7.28. The van der Waals surface area contributed by atoms with E-state index >= 15 is 0 Å². The van der Waals surface area contributed by atoms with Crippen LogP contribution in [0.15, 0.2) is 24.3 Å². The lowest BCUT2D eigenvalue weighted by Gasteiger charge is -2.20. The summed E-state index contributed by atoms with van der Waals surface area (Å²) in [6.07, 6.45) is 0.388. The SMILES string of the molecule is N#CCCN(CCC#N)C(=O)CCC(=O)c1ccc(F)cc1. The summed E-state index contributed by atoms with van der Waals surface area (Å²) >= 11 is 0. The van der Waals surface area contributed by atoms with Crippen molar-refractivity contribution in [3.8, 4) is 12.1 Å². The molecule has 0 bridgehead atoms. The Morgan fingerprint density at radius 1 is 1.00 bits per heavy atom. The molecule has 0 radical (unpaired) electrons. The first-order valence-electron chi connectivity index (χ1n) is 6.89. The van der Waals surface area contributed by atoms with Crippen molar-refractivity contribution < 1.29 is 14.0 Å². The highest BCUT2D eigenvalue weighted by atomic mass is 19.1. The highest BCUT2D eigenvalue weighted by Crippen LogP contribution is 2.09. The molecule has 114 valence electrons. The third-order valence-corrected chi connectivity index (χ3v) is 3.07. The lowest BCUT2D eigenvalue weighted by Crippen LogP contribution is -2.33. The topological polar surface area (TPSA) is 85.0 Å². The summed E-state index contributed by atoms with van der Waals surface area (Å²) in [5, 5.41) is 17.1. The molecule has 0 aliphatic rings. The quantitative estimate of drug-likeness (QED) is 0.690. The summed E-state index contributed by atoms with van der Waals surface area (Å²) in [7, 11) is 0. The van der Waals surface area contributed by atoms with Crippen molar-refractivity contribution in [2.24, 2.45) is 0 Å². The van der Waals surface area contributed by atoms with Crippen LogP contribution in [0.2, 0.25) is 0 Å². The predicted octanol–water partition coefficient (Wildman–Crippen LogP) is 2.44. The number of nitriles is 2. The summed E-state index contributed by atoms with van der Waals surface area (Å²) in [6, 6.07) is 9.04. The Labute approximate surface area is 128 Å². The second-order valence-electron chi connectivity index (χ2n) is 4.63. The third-order valence-electron chi connectivity index (χ3n) is 3.07. The molecule has 0 fully saturated rings. The number of carbonyl (C=O) groups is 2. The van der Waals surface area contributed by atoms with E-state index < -0.39 is 5.82 Å². The molecule has 5 nitrogen and oxygen atoms in total. The van der Waals surface area contributed by atoms with Crippen molar-refractivity contribution >= 4 is 11.7 Å². The zero-order valence-electron chi connectivity index (χ0n) is 12.1. The molecular formula is C16H16FN3O2. The fourth-order valence-electron chi connectivity index (χ4n) is 1.89. The molecule has 1 aromatic carbocycles. The van der Waals surface area contributed by atoms with Crippen LogP contribution < -0.4 is 0 Å². The highest BCUT2D eigenvalue weighted by molar-refractivity contribution is 5.97. The molecule has 0 atom stereocenters. The fourth-order valence-corrected chi connectivity index (χ4v) is 1.89. The maximum atomic E-state index is 12.8. The van der Waals surface area contributed by atoms with E-state index in [0.29, 0.717) is 5.56 Å². The van der Waals surface area contributed by atoms with Gasteiger partial charge < -0.3 is 4.90 Å². The maximum absolute atomic E-state index is 12.8. The van der Waals surface area contributed by atoms with E-state index in [9.17, 15) is 14.0 Å². The molecule has 0 aliphatic heterocycles. The highest BCUT2D eigenvalue weighted by Gasteiger charge is 2.15. The second-order valence-corrected chi connectivity index (χ2v) is 4.63. The van der Waals surface area contributed by atoms with E-state index in [2.05, 4.69) is 0 Å². The van der Waals surface area contributed by atoms with Gasteiger partial charge in [0, 0.05) is 31.5 Å². The predicted molar refractivity (Wildman–Crippen MR) is 77.0 cm³/mol. The molecule has 1 amide bonds. The van der Waals surface area contributed by atoms with Gasteiger partial charge in [-0.25, -0.2) is 4.39 Å². The number of halogens is 1. The van der Waals surface area contributed by atoms with Gasteiger partial charge in [0.2, 0.25) is 5.91 Å². The normalized spacial score (nSPS) is 9.59. The van der Waals surface area contributed by atoms with Crippen LogP contribution >= 0.6 is 0 Å². The van der Waals surface area contributed by atoms with Crippen LogP contribution in [0.1, 0.15) is 36.0 Å². The van der Waals surface area contributed by atoms with Gasteiger partial charge in [-0.15, -0.1) is 0 Å². The van der Waals surface area contributed by atoms with E-state index in [1.165, 1.54) is 29.2 Å². The van der Waals surface area contributed by atoms with Crippen LogP contribution in [0.3, 0.4) is 0 Å². The Morgan fingerprint density at radius 3 is 2.05 bits per heavy atom. The Morgan fingerprint density at radius 2 is 1.55 bits per heavy atom. The minimum absolute atomic E-state index is 0.00701. The van der Waals surface area contributed by atoms with E-state index in [1.807, 2.05) is 12.1 Å². The van der Waals surface area contributed by atoms with Crippen molar-refractivity contribution in [1.29, 1.82) is 10.5 Å². The van der Waals surface area contributed by atoms with Crippen LogP contribution in [0, 0.1) is 28.5 Å². The summed E-state index contributed by atoms with van der Waals surface area (Å²) in [6.45, 7) is 0.503. The summed E-state index contributed by atoms with van der Waals surface area (Å²) in [5.41, 5.74) is 0.356. The molecule has 0 spiro atoms. The lowest BCUT2D eigenvalue weighted by atomic mass is 10.1. The third kappa shape index (κ3) is 5.72. The number of ketones is 1. The molecule has 0 aromatic heterocycles. The van der Waals surface area contributed by atoms with Gasteiger partial charge >= 0.3 is 0 Å². The number of hydrogen-bond donors (Lipinski definition) is 0. The van der Waals surface area contributed by atoms with Crippen molar-refractivity contribution in [2.45, 2.75) is 25.7 Å². The zero-order valence-corrected chi connectivity index (χ0v) is 12.1. The van der Waals surface area contributed by atoms with Crippen LogP contribution in [0.5, 0.6) is 0 Å². The average Bonchev–Trinajstić information content (AvgIpc) is 2.53. The van der Waals surface area contributed by atoms with Gasteiger partial charge in [0.25, 0.3) is 0 Å². The molecule has 0 N–H and O–H groups in total. The van der Waals surface area contributed by atoms with E-state index in [0.717, 1.165) is 0 Å². The number of rotatable bonds is 8. The Hall–Kier alpha value is -2.73. The minimum Gasteiger partial charge on any atom is -0.341 e. The van der Waals surface area contributed by atoms with E-state index in [-0.39, 0.29) is 50.5 Å². The van der Waals surface area contributed by atoms with Crippen molar-refractivity contribution in [3.05, 3.63) is 35.6 Å². The molecule has 1 aromatic rings. The van der Waals surface area contributed by atoms with Crippen molar-refractivity contribution in [3.63, 3.8) is 0 Å². The smallest absolute Gasteiger partial charge is 0.223 e. The van der Waals surface area contributed by atoms with Gasteiger partial charge in [-0.05, 0) is 24.3 Å². The molecule has 0 unspecified atom stereocenters. The number of hydrogen-bond acceptors (Lipinski definition) is 4. The average molecular weight is 301 g/mol. The molecular weight excluding hydrogens is 285 g/mol. The standard InChI is InChI=1S/C16H16FN3O2/c17-14-5-3-13(4-6-14)15(21)7-8-16(22)20(11-1-9-18)12-2-10-19/h3-6H,1-2,7-8,11-12H2. The van der Waals surface area contributed by atoms with E-state index in [1.54, 1.807) is 0 Å². The molecule has 0 aliphatic carbocycles. The van der Waals surface area contributed by atoms with Crippen molar-refractivity contribution in [1.82, 2.24) is 4.90 Å². The van der Waals surface area contributed by atoms with Crippen LogP contribution in [-0.4, -0.2) is 29.7 Å². The maximum Gasteiger partial charge on any atom is 0.223 e. The molecule has 0 saturated carbocycles. The number of nitrogens with zero attached hydrogens (tertiary/aromatic N) is 3. The first kappa shape index (κ1) is 17.3. The Balaban J connectivity index is 2.54. The Bertz CT molecular complexity index is 581. The van der Waals surface area contributed by atoms with Crippen molar-refractivity contribution in [2.75, 3.05) is 13.1 Å². The zero-order chi connectivity index (χ0) is 16.4. The number of benzene rings is 1. The van der Waals surface area contributed by atoms with Gasteiger partial charge in [0.05, 0.1) is 25.0 Å². The summed E-state index contributed by atoms with van der Waals surface area (Å²) in [5.74, 6) is -0.929. The monoisotopic (exact) mass is 301 g/mol.